The van der Waals surface area contributed by atoms with Gasteiger partial charge in [-0.2, -0.15) is 0 Å². The third kappa shape index (κ3) is 103. The van der Waals surface area contributed by atoms with Crippen molar-refractivity contribution in [3.8, 4) is 0 Å². The Balaban J connectivity index is -0.000000155. The summed E-state index contributed by atoms with van der Waals surface area (Å²) in [5.74, 6) is 0. The second-order valence-electron chi connectivity index (χ2n) is 2.87. The van der Waals surface area contributed by atoms with Crippen LogP contribution in [0.15, 0.2) is 0 Å². The number of thiocarbonyl (C=S) groups is 2. The molecule has 0 aliphatic carbocycles. The molecule has 0 aromatic carbocycles. The van der Waals surface area contributed by atoms with Crippen molar-refractivity contribution >= 4 is 58.3 Å². The molecule has 0 fully saturated rings. The first-order valence-electron chi connectivity index (χ1n) is 4.17. The van der Waals surface area contributed by atoms with Crippen LogP contribution in [0.5, 0.6) is 0 Å². The monoisotopic (exact) mass is 368 g/mol. The van der Waals surface area contributed by atoms with Gasteiger partial charge in [0.1, 0.15) is 0 Å². The Kier molecular flexibility index (Phi) is 21.1. The predicted molar refractivity (Wildman–Crippen MR) is 78.5 cm³/mol. The van der Waals surface area contributed by atoms with Crippen LogP contribution in [0.3, 0.4) is 0 Å². The van der Waals surface area contributed by atoms with Crippen LogP contribution in [0.4, 0.5) is 0 Å². The van der Waals surface area contributed by atoms with Gasteiger partial charge in [-0.05, 0) is 0 Å². The molecular weight excluding hydrogens is 348 g/mol. The zero-order chi connectivity index (χ0) is 13.0. The summed E-state index contributed by atoms with van der Waals surface area (Å²) in [5, 5.41) is 0. The van der Waals surface area contributed by atoms with Crippen LogP contribution < -0.4 is 11.5 Å². The summed E-state index contributed by atoms with van der Waals surface area (Å²) in [6, 6.07) is 0. The van der Waals surface area contributed by atoms with E-state index in [0.717, 1.165) is 8.62 Å². The third-order valence-corrected chi connectivity index (χ3v) is 3.22. The van der Waals surface area contributed by atoms with Gasteiger partial charge in [0, 0.05) is 0 Å². The molecule has 0 saturated heterocycles. The van der Waals surface area contributed by atoms with E-state index in [1.165, 1.54) is 0 Å². The molecule has 0 saturated carbocycles. The molecule has 4 N–H and O–H groups in total. The molecular formula is C8H18MoN2S4. The standard InChI is InChI=1S/2C3H7.2CH3NS2.Mo/c2*1-3-2;2*2-1(3)4;/h2*3H,1-2H3;2*(H3,2,3,4);/q;;;;+2/p-2. The summed E-state index contributed by atoms with van der Waals surface area (Å²) in [6.07, 6.45) is 0. The molecule has 2 nitrogen and oxygen atoms in total. The van der Waals surface area contributed by atoms with E-state index < -0.39 is 0 Å². The summed E-state index contributed by atoms with van der Waals surface area (Å²) in [6.45, 7) is 9.29. The zero-order valence-electron chi connectivity index (χ0n) is 9.35. The minimum atomic E-state index is 0.0833. The first kappa shape index (κ1) is 21.2. The van der Waals surface area contributed by atoms with Crippen molar-refractivity contribution < 1.29 is 18.6 Å². The predicted octanol–water partition coefficient (Wildman–Crippen LogP) is 2.28. The maximum Gasteiger partial charge on any atom is -0.0708 e. The average molecular weight is 366 g/mol. The van der Waals surface area contributed by atoms with E-state index in [0.29, 0.717) is 18.6 Å². The van der Waals surface area contributed by atoms with Gasteiger partial charge in [0.15, 0.2) is 0 Å². The van der Waals surface area contributed by atoms with E-state index in [1.54, 1.807) is 0 Å². The molecule has 0 spiro atoms. The number of rotatable bonds is 2. The molecule has 0 bridgehead atoms. The minimum absolute atomic E-state index is 0.0833. The van der Waals surface area contributed by atoms with Crippen molar-refractivity contribution in [3.63, 3.8) is 0 Å². The van der Waals surface area contributed by atoms with Crippen LogP contribution in [0.1, 0.15) is 27.7 Å². The van der Waals surface area contributed by atoms with Gasteiger partial charge < -0.3 is 61.2 Å². The Bertz CT molecular complexity index is 148. The van der Waals surface area contributed by atoms with Crippen LogP contribution in [0, 0.1) is 0 Å². The molecule has 90 valence electrons. The second-order valence-corrected chi connectivity index (χ2v) is 10.5. The molecule has 0 rings (SSSR count). The van der Waals surface area contributed by atoms with Gasteiger partial charge >= 0.3 is 54.9 Å². The molecule has 0 radical (unpaired) electrons. The second kappa shape index (κ2) is 14.9. The Morgan fingerprint density at radius 3 is 1.07 bits per heavy atom. The maximum absolute atomic E-state index is 4.66. The van der Waals surface area contributed by atoms with Gasteiger partial charge in [-0.25, -0.2) is 0 Å². The van der Waals surface area contributed by atoms with Crippen molar-refractivity contribution in [2.24, 2.45) is 11.5 Å². The van der Waals surface area contributed by atoms with Gasteiger partial charge in [-0.3, -0.25) is 0 Å². The molecule has 0 heterocycles. The molecule has 7 heteroatoms. The molecule has 15 heavy (non-hydrogen) atoms. The maximum atomic E-state index is 4.66. The molecule has 0 unspecified atom stereocenters. The quantitative estimate of drug-likeness (QED) is 0.444. The minimum Gasteiger partial charge on any atom is -0.415 e. The van der Waals surface area contributed by atoms with Gasteiger partial charge in [0.2, 0.25) is 0 Å². The van der Waals surface area contributed by atoms with E-state index in [4.69, 9.17) is 0 Å². The third-order valence-electron chi connectivity index (χ3n) is 0.544. The number of nitrogens with two attached hydrogens (primary N) is 2. The van der Waals surface area contributed by atoms with Crippen LogP contribution in [-0.4, -0.2) is 8.64 Å². The number of hydrogen-bond acceptors (Lipinski definition) is 4. The van der Waals surface area contributed by atoms with E-state index in [2.05, 4.69) is 88.9 Å². The molecule has 0 aliphatic rings. The van der Waals surface area contributed by atoms with Crippen molar-refractivity contribution in [3.05, 3.63) is 0 Å². The Morgan fingerprint density at radius 1 is 0.933 bits per heavy atom. The Labute approximate surface area is 124 Å². The van der Waals surface area contributed by atoms with E-state index in [1.807, 2.05) is 0 Å². The summed E-state index contributed by atoms with van der Waals surface area (Å²) in [4.78, 5) is 0. The average Bonchev–Trinajstić information content (AvgIpc) is 1.78. The van der Waals surface area contributed by atoms with Gasteiger partial charge in [0.05, 0.1) is 0 Å². The molecule has 0 aromatic rings. The van der Waals surface area contributed by atoms with Crippen molar-refractivity contribution in [1.82, 2.24) is 0 Å². The fourth-order valence-corrected chi connectivity index (χ4v) is 3.22. The fourth-order valence-electron chi connectivity index (χ4n) is 0.544. The molecule has 0 amide bonds. The van der Waals surface area contributed by atoms with Gasteiger partial charge in [0.25, 0.3) is 0 Å². The van der Waals surface area contributed by atoms with Crippen LogP contribution >= 0.6 is 24.4 Å². The molecule has 0 atom stereocenters. The smallest absolute Gasteiger partial charge is 0.0708 e. The summed E-state index contributed by atoms with van der Waals surface area (Å²) in [7, 11) is 0. The Hall–Kier alpha value is 0.908. The SMILES string of the molecule is C[CH](C)[Mo+2][CH](C)C.NC(=S)[S-].NC(=S)[S-]. The van der Waals surface area contributed by atoms with Crippen LogP contribution in [0.25, 0.3) is 0 Å². The van der Waals surface area contributed by atoms with Crippen molar-refractivity contribution in [1.29, 1.82) is 0 Å². The molecule has 0 aromatic heterocycles. The molecule has 0 aliphatic heterocycles. The van der Waals surface area contributed by atoms with E-state index in [-0.39, 0.29) is 8.64 Å². The fraction of sp³-hybridized carbons (Fsp3) is 0.750. The first-order valence-corrected chi connectivity index (χ1v) is 8.13. The summed E-state index contributed by atoms with van der Waals surface area (Å²) in [5.41, 5.74) is 9.31. The van der Waals surface area contributed by atoms with Gasteiger partial charge in [-0.1, -0.05) is 8.64 Å². The van der Waals surface area contributed by atoms with Crippen LogP contribution in [0.2, 0.25) is 8.62 Å². The topological polar surface area (TPSA) is 52.0 Å². The van der Waals surface area contributed by atoms with Crippen molar-refractivity contribution in [2.45, 2.75) is 36.3 Å². The first-order chi connectivity index (χ1) is 6.59. The number of hydrogen-bond donors (Lipinski definition) is 2. The summed E-state index contributed by atoms with van der Waals surface area (Å²) < 4.78 is 2.18. The van der Waals surface area contributed by atoms with Crippen molar-refractivity contribution in [2.75, 3.05) is 0 Å². The van der Waals surface area contributed by atoms with E-state index >= 15 is 0 Å². The Morgan fingerprint density at radius 2 is 1.07 bits per heavy atom. The normalized spacial score (nSPS) is 8.13. The summed E-state index contributed by atoms with van der Waals surface area (Å²) >= 11 is 16.9. The largest absolute Gasteiger partial charge is 0.415 e. The zero-order valence-corrected chi connectivity index (χ0v) is 14.6. The van der Waals surface area contributed by atoms with Crippen LogP contribution in [-0.2, 0) is 43.8 Å². The van der Waals surface area contributed by atoms with E-state index in [9.17, 15) is 0 Å². The van der Waals surface area contributed by atoms with Gasteiger partial charge in [-0.15, -0.1) is 0 Å².